The van der Waals surface area contributed by atoms with E-state index < -0.39 is 11.6 Å². The van der Waals surface area contributed by atoms with Gasteiger partial charge in [0.2, 0.25) is 0 Å². The Labute approximate surface area is 114 Å². The molecule has 0 saturated heterocycles. The fourth-order valence-electron chi connectivity index (χ4n) is 1.68. The minimum atomic E-state index is -0.663. The lowest BCUT2D eigenvalue weighted by Gasteiger charge is -2.07. The van der Waals surface area contributed by atoms with E-state index in [1.807, 2.05) is 0 Å². The van der Waals surface area contributed by atoms with Crippen LogP contribution in [-0.4, -0.2) is 12.9 Å². The van der Waals surface area contributed by atoms with E-state index in [9.17, 15) is 9.18 Å². The highest BCUT2D eigenvalue weighted by Crippen LogP contribution is 2.24. The molecule has 19 heavy (non-hydrogen) atoms. The van der Waals surface area contributed by atoms with Gasteiger partial charge in [-0.3, -0.25) is 4.79 Å². The molecule has 0 aliphatic heterocycles. The maximum absolute atomic E-state index is 13.8. The van der Waals surface area contributed by atoms with Crippen LogP contribution in [0.2, 0.25) is 5.02 Å². The van der Waals surface area contributed by atoms with Crippen molar-refractivity contribution in [3.8, 4) is 5.75 Å². The van der Waals surface area contributed by atoms with Crippen molar-refractivity contribution in [1.29, 1.82) is 0 Å². The number of nitrogen functional groups attached to an aromatic ring is 1. The molecule has 0 atom stereocenters. The number of halogens is 2. The molecule has 2 aromatic rings. The number of nitrogens with two attached hydrogens (primary N) is 1. The van der Waals surface area contributed by atoms with Gasteiger partial charge in [0.1, 0.15) is 11.6 Å². The van der Waals surface area contributed by atoms with Gasteiger partial charge in [-0.1, -0.05) is 11.6 Å². The molecular formula is C14H11ClFNO2. The number of benzene rings is 2. The van der Waals surface area contributed by atoms with E-state index in [0.717, 1.165) is 6.07 Å². The summed E-state index contributed by atoms with van der Waals surface area (Å²) in [6.07, 6.45) is 0. The first-order chi connectivity index (χ1) is 9.02. The van der Waals surface area contributed by atoms with Crippen molar-refractivity contribution in [1.82, 2.24) is 0 Å². The molecule has 3 nitrogen and oxygen atoms in total. The molecular weight excluding hydrogens is 269 g/mol. The van der Waals surface area contributed by atoms with Gasteiger partial charge in [0.25, 0.3) is 0 Å². The summed E-state index contributed by atoms with van der Waals surface area (Å²) in [5.41, 5.74) is 6.06. The van der Waals surface area contributed by atoms with Crippen LogP contribution in [0.15, 0.2) is 36.4 Å². The number of hydrogen-bond acceptors (Lipinski definition) is 3. The number of ketones is 1. The van der Waals surface area contributed by atoms with Gasteiger partial charge in [-0.2, -0.15) is 0 Å². The van der Waals surface area contributed by atoms with Crippen LogP contribution in [0.1, 0.15) is 15.9 Å². The van der Waals surface area contributed by atoms with E-state index in [1.54, 1.807) is 6.07 Å². The normalized spacial score (nSPS) is 10.3. The first-order valence-corrected chi connectivity index (χ1v) is 5.84. The molecule has 2 rings (SSSR count). The Morgan fingerprint density at radius 2 is 1.95 bits per heavy atom. The highest BCUT2D eigenvalue weighted by atomic mass is 35.5. The average Bonchev–Trinajstić information content (AvgIpc) is 2.40. The quantitative estimate of drug-likeness (QED) is 0.693. The molecule has 2 N–H and O–H groups in total. The van der Waals surface area contributed by atoms with Crippen molar-refractivity contribution in [2.24, 2.45) is 0 Å². The Kier molecular flexibility index (Phi) is 3.71. The third kappa shape index (κ3) is 2.69. The molecule has 0 bridgehead atoms. The molecule has 0 radical (unpaired) electrons. The Bertz CT molecular complexity index is 643. The molecule has 0 heterocycles. The van der Waals surface area contributed by atoms with E-state index in [-0.39, 0.29) is 16.8 Å². The Balaban J connectivity index is 2.47. The van der Waals surface area contributed by atoms with Crippen LogP contribution in [-0.2, 0) is 0 Å². The molecule has 0 amide bonds. The van der Waals surface area contributed by atoms with Crippen molar-refractivity contribution in [3.63, 3.8) is 0 Å². The number of carbonyl (C=O) groups is 1. The van der Waals surface area contributed by atoms with Crippen molar-refractivity contribution < 1.29 is 13.9 Å². The van der Waals surface area contributed by atoms with Crippen LogP contribution in [0.3, 0.4) is 0 Å². The number of hydrogen-bond donors (Lipinski definition) is 1. The second kappa shape index (κ2) is 5.28. The van der Waals surface area contributed by atoms with Gasteiger partial charge in [0.05, 0.1) is 12.7 Å². The van der Waals surface area contributed by atoms with Gasteiger partial charge in [0, 0.05) is 22.3 Å². The Hall–Kier alpha value is -2.07. The fourth-order valence-corrected chi connectivity index (χ4v) is 1.85. The number of carbonyl (C=O) groups excluding carboxylic acids is 1. The van der Waals surface area contributed by atoms with Gasteiger partial charge in [-0.15, -0.1) is 0 Å². The van der Waals surface area contributed by atoms with Gasteiger partial charge in [-0.05, 0) is 30.3 Å². The van der Waals surface area contributed by atoms with E-state index in [2.05, 4.69) is 0 Å². The second-order valence-corrected chi connectivity index (χ2v) is 4.34. The summed E-state index contributed by atoms with van der Waals surface area (Å²) >= 11 is 5.81. The molecule has 0 aliphatic carbocycles. The van der Waals surface area contributed by atoms with Crippen molar-refractivity contribution >= 4 is 23.1 Å². The van der Waals surface area contributed by atoms with Crippen LogP contribution < -0.4 is 10.5 Å². The van der Waals surface area contributed by atoms with Gasteiger partial charge in [0.15, 0.2) is 5.78 Å². The van der Waals surface area contributed by atoms with Gasteiger partial charge < -0.3 is 10.5 Å². The number of rotatable bonds is 3. The van der Waals surface area contributed by atoms with Gasteiger partial charge >= 0.3 is 0 Å². The lowest BCUT2D eigenvalue weighted by Crippen LogP contribution is -2.07. The average molecular weight is 280 g/mol. The summed E-state index contributed by atoms with van der Waals surface area (Å²) in [5.74, 6) is -0.836. The first-order valence-electron chi connectivity index (χ1n) is 5.46. The minimum absolute atomic E-state index is 0.0743. The largest absolute Gasteiger partial charge is 0.497 e. The van der Waals surface area contributed by atoms with Crippen LogP contribution in [0.25, 0.3) is 0 Å². The number of ether oxygens (including phenoxy) is 1. The summed E-state index contributed by atoms with van der Waals surface area (Å²) in [7, 11) is 1.42. The monoisotopic (exact) mass is 279 g/mol. The summed E-state index contributed by atoms with van der Waals surface area (Å²) < 4.78 is 18.7. The van der Waals surface area contributed by atoms with E-state index >= 15 is 0 Å². The van der Waals surface area contributed by atoms with E-state index in [0.29, 0.717) is 10.8 Å². The predicted octanol–water partition coefficient (Wildman–Crippen LogP) is 3.30. The maximum Gasteiger partial charge on any atom is 0.198 e. The smallest absolute Gasteiger partial charge is 0.198 e. The fraction of sp³-hybridized carbons (Fsp3) is 0.0714. The number of anilines is 1. The zero-order chi connectivity index (χ0) is 14.0. The first kappa shape index (κ1) is 13.4. The van der Waals surface area contributed by atoms with Crippen molar-refractivity contribution in [2.45, 2.75) is 0 Å². The lowest BCUT2D eigenvalue weighted by atomic mass is 10.0. The second-order valence-electron chi connectivity index (χ2n) is 3.91. The molecule has 0 spiro atoms. The Morgan fingerprint density at radius 3 is 2.58 bits per heavy atom. The SMILES string of the molecule is COc1ccc(C(=O)c2cc(Cl)ccc2N)c(F)c1. The molecule has 5 heteroatoms. The number of methoxy groups -OCH3 is 1. The zero-order valence-electron chi connectivity index (χ0n) is 10.1. The van der Waals surface area contributed by atoms with Crippen molar-refractivity contribution in [3.05, 3.63) is 58.4 Å². The maximum atomic E-state index is 13.8. The lowest BCUT2D eigenvalue weighted by molar-refractivity contribution is 0.103. The standard InChI is InChI=1S/C14H11ClFNO2/c1-19-9-3-4-10(12(16)7-9)14(18)11-6-8(15)2-5-13(11)17/h2-7H,17H2,1H3. The summed E-state index contributed by atoms with van der Waals surface area (Å²) in [6, 6.07) is 8.51. The molecule has 0 aromatic heterocycles. The highest BCUT2D eigenvalue weighted by Gasteiger charge is 2.17. The van der Waals surface area contributed by atoms with Crippen LogP contribution in [0.4, 0.5) is 10.1 Å². The molecule has 0 unspecified atom stereocenters. The van der Waals surface area contributed by atoms with Crippen LogP contribution in [0, 0.1) is 5.82 Å². The third-order valence-corrected chi connectivity index (χ3v) is 2.92. The Morgan fingerprint density at radius 1 is 1.21 bits per heavy atom. The van der Waals surface area contributed by atoms with E-state index in [4.69, 9.17) is 22.1 Å². The highest BCUT2D eigenvalue weighted by molar-refractivity contribution is 6.31. The summed E-state index contributed by atoms with van der Waals surface area (Å²) in [6.45, 7) is 0. The van der Waals surface area contributed by atoms with E-state index in [1.165, 1.54) is 31.4 Å². The molecule has 0 saturated carbocycles. The third-order valence-electron chi connectivity index (χ3n) is 2.68. The van der Waals surface area contributed by atoms with Crippen LogP contribution in [0.5, 0.6) is 5.75 Å². The topological polar surface area (TPSA) is 52.3 Å². The summed E-state index contributed by atoms with van der Waals surface area (Å²) in [5, 5.41) is 0.367. The van der Waals surface area contributed by atoms with Crippen molar-refractivity contribution in [2.75, 3.05) is 12.8 Å². The molecule has 2 aromatic carbocycles. The molecule has 0 fully saturated rings. The van der Waals surface area contributed by atoms with Gasteiger partial charge in [-0.25, -0.2) is 4.39 Å². The molecule has 98 valence electrons. The summed E-state index contributed by atoms with van der Waals surface area (Å²) in [4.78, 5) is 12.2. The van der Waals surface area contributed by atoms with Crippen LogP contribution >= 0.6 is 11.6 Å². The molecule has 0 aliphatic rings. The minimum Gasteiger partial charge on any atom is -0.497 e. The predicted molar refractivity (Wildman–Crippen MR) is 72.2 cm³/mol. The zero-order valence-corrected chi connectivity index (χ0v) is 10.9.